The van der Waals surface area contributed by atoms with E-state index in [1.807, 2.05) is 19.1 Å². The minimum Gasteiger partial charge on any atom is -0.459 e. The third-order valence-electron chi connectivity index (χ3n) is 4.50. The molecule has 2 fully saturated rings. The molecule has 1 aromatic rings. The highest BCUT2D eigenvalue weighted by Gasteiger charge is 2.43. The third-order valence-corrected chi connectivity index (χ3v) is 4.50. The minimum absolute atomic E-state index is 0.0134. The summed E-state index contributed by atoms with van der Waals surface area (Å²) < 4.78 is 11.5. The van der Waals surface area contributed by atoms with Gasteiger partial charge in [-0.3, -0.25) is 0 Å². The molecule has 1 aliphatic carbocycles. The molecule has 4 heteroatoms. The summed E-state index contributed by atoms with van der Waals surface area (Å²) in [4.78, 5) is 12.3. The second-order valence-corrected chi connectivity index (χ2v) is 5.94. The molecular weight excluding hydrogens is 254 g/mol. The average Bonchev–Trinajstić information content (AvgIpc) is 2.37. The minimum atomic E-state index is -0.304. The molecule has 1 spiro atoms. The standard InChI is InChI=1S/C16H21NO3/c1-11-4-2-5-13(17)14(11)15(18)20-12-6-9-19-16(10-12)7-3-8-16/h2,4-5,12H,3,6-10,17H2,1H3. The van der Waals surface area contributed by atoms with Crippen LogP contribution in [0.15, 0.2) is 18.2 Å². The van der Waals surface area contributed by atoms with Crippen LogP contribution in [0.2, 0.25) is 0 Å². The van der Waals surface area contributed by atoms with Gasteiger partial charge in [0.05, 0.1) is 17.8 Å². The number of anilines is 1. The molecule has 0 radical (unpaired) electrons. The van der Waals surface area contributed by atoms with Crippen molar-refractivity contribution in [3.63, 3.8) is 0 Å². The number of esters is 1. The number of nitrogen functional groups attached to an aromatic ring is 1. The molecule has 0 bridgehead atoms. The van der Waals surface area contributed by atoms with Gasteiger partial charge < -0.3 is 15.2 Å². The fraction of sp³-hybridized carbons (Fsp3) is 0.562. The fourth-order valence-corrected chi connectivity index (χ4v) is 3.18. The lowest BCUT2D eigenvalue weighted by molar-refractivity contribution is -0.159. The van der Waals surface area contributed by atoms with Gasteiger partial charge in [0.25, 0.3) is 0 Å². The second kappa shape index (κ2) is 5.09. The van der Waals surface area contributed by atoms with Gasteiger partial charge in [0.2, 0.25) is 0 Å². The number of ether oxygens (including phenoxy) is 2. The Hall–Kier alpha value is -1.55. The van der Waals surface area contributed by atoms with E-state index < -0.39 is 0 Å². The third kappa shape index (κ3) is 2.40. The van der Waals surface area contributed by atoms with Crippen molar-refractivity contribution >= 4 is 11.7 Å². The lowest BCUT2D eigenvalue weighted by atomic mass is 9.74. The highest BCUT2D eigenvalue weighted by molar-refractivity contribution is 5.96. The molecule has 1 aliphatic heterocycles. The second-order valence-electron chi connectivity index (χ2n) is 5.94. The van der Waals surface area contributed by atoms with Crippen LogP contribution in [0.4, 0.5) is 5.69 Å². The zero-order valence-electron chi connectivity index (χ0n) is 11.9. The van der Waals surface area contributed by atoms with E-state index in [1.54, 1.807) is 6.07 Å². The maximum absolute atomic E-state index is 12.3. The van der Waals surface area contributed by atoms with E-state index in [1.165, 1.54) is 6.42 Å². The van der Waals surface area contributed by atoms with Gasteiger partial charge in [0.1, 0.15) is 6.10 Å². The van der Waals surface area contributed by atoms with Crippen LogP contribution >= 0.6 is 0 Å². The first-order valence-corrected chi connectivity index (χ1v) is 7.30. The normalized spacial score (nSPS) is 24.1. The number of hydrogen-bond acceptors (Lipinski definition) is 4. The van der Waals surface area contributed by atoms with Crippen LogP contribution in [0.25, 0.3) is 0 Å². The Morgan fingerprint density at radius 3 is 2.90 bits per heavy atom. The molecule has 1 aromatic carbocycles. The van der Waals surface area contributed by atoms with E-state index in [0.29, 0.717) is 17.9 Å². The number of carbonyl (C=O) groups excluding carboxylic acids is 1. The van der Waals surface area contributed by atoms with Crippen LogP contribution in [0.5, 0.6) is 0 Å². The summed E-state index contributed by atoms with van der Waals surface area (Å²) in [5, 5.41) is 0. The Morgan fingerprint density at radius 2 is 2.25 bits per heavy atom. The highest BCUT2D eigenvalue weighted by Crippen LogP contribution is 2.43. The summed E-state index contributed by atoms with van der Waals surface area (Å²) in [5.41, 5.74) is 7.73. The molecule has 108 valence electrons. The molecule has 4 nitrogen and oxygen atoms in total. The van der Waals surface area contributed by atoms with E-state index in [4.69, 9.17) is 15.2 Å². The maximum atomic E-state index is 12.3. The topological polar surface area (TPSA) is 61.6 Å². The molecule has 1 saturated heterocycles. The highest BCUT2D eigenvalue weighted by atomic mass is 16.6. The van der Waals surface area contributed by atoms with Crippen LogP contribution in [0, 0.1) is 6.92 Å². The number of aryl methyl sites for hydroxylation is 1. The lowest BCUT2D eigenvalue weighted by Gasteiger charge is -2.46. The number of rotatable bonds is 2. The van der Waals surface area contributed by atoms with Gasteiger partial charge in [-0.1, -0.05) is 12.1 Å². The van der Waals surface area contributed by atoms with Gasteiger partial charge in [-0.25, -0.2) is 4.79 Å². The summed E-state index contributed by atoms with van der Waals surface area (Å²) in [7, 11) is 0. The first kappa shape index (κ1) is 13.4. The van der Waals surface area contributed by atoms with Gasteiger partial charge in [-0.05, 0) is 37.8 Å². The number of carbonyl (C=O) groups is 1. The van der Waals surface area contributed by atoms with Crippen LogP contribution in [-0.2, 0) is 9.47 Å². The predicted molar refractivity (Wildman–Crippen MR) is 76.6 cm³/mol. The van der Waals surface area contributed by atoms with Crippen molar-refractivity contribution < 1.29 is 14.3 Å². The van der Waals surface area contributed by atoms with Crippen molar-refractivity contribution in [3.8, 4) is 0 Å². The Labute approximate surface area is 119 Å². The molecular formula is C16H21NO3. The molecule has 1 unspecified atom stereocenters. The van der Waals surface area contributed by atoms with Crippen LogP contribution < -0.4 is 5.73 Å². The molecule has 1 heterocycles. The predicted octanol–water partition coefficient (Wildman–Crippen LogP) is 2.84. The van der Waals surface area contributed by atoms with E-state index in [9.17, 15) is 4.79 Å². The summed E-state index contributed by atoms with van der Waals surface area (Å²) in [6.07, 6.45) is 4.95. The zero-order chi connectivity index (χ0) is 14.2. The molecule has 2 aliphatic rings. The Bertz CT molecular complexity index is 502. The number of nitrogens with two attached hydrogens (primary N) is 1. The zero-order valence-corrected chi connectivity index (χ0v) is 11.9. The van der Waals surface area contributed by atoms with Gasteiger partial charge in [-0.15, -0.1) is 0 Å². The Balaban J connectivity index is 1.69. The molecule has 1 atom stereocenters. The van der Waals surface area contributed by atoms with Crippen molar-refractivity contribution in [3.05, 3.63) is 29.3 Å². The summed E-state index contributed by atoms with van der Waals surface area (Å²) >= 11 is 0. The summed E-state index contributed by atoms with van der Waals surface area (Å²) in [6, 6.07) is 5.46. The number of hydrogen-bond donors (Lipinski definition) is 1. The van der Waals surface area contributed by atoms with E-state index in [0.717, 1.165) is 31.2 Å². The number of benzene rings is 1. The first-order valence-electron chi connectivity index (χ1n) is 7.30. The molecule has 2 N–H and O–H groups in total. The quantitative estimate of drug-likeness (QED) is 0.666. The first-order chi connectivity index (χ1) is 9.60. The maximum Gasteiger partial charge on any atom is 0.340 e. The van der Waals surface area contributed by atoms with Gasteiger partial charge in [0, 0.05) is 18.5 Å². The van der Waals surface area contributed by atoms with E-state index >= 15 is 0 Å². The molecule has 3 rings (SSSR count). The summed E-state index contributed by atoms with van der Waals surface area (Å²) in [6.45, 7) is 2.56. The van der Waals surface area contributed by atoms with Crippen molar-refractivity contribution in [2.24, 2.45) is 0 Å². The van der Waals surface area contributed by atoms with Gasteiger partial charge >= 0.3 is 5.97 Å². The van der Waals surface area contributed by atoms with Crippen molar-refractivity contribution in [1.82, 2.24) is 0 Å². The summed E-state index contributed by atoms with van der Waals surface area (Å²) in [5.74, 6) is -0.304. The van der Waals surface area contributed by atoms with E-state index in [-0.39, 0.29) is 17.7 Å². The van der Waals surface area contributed by atoms with Crippen LogP contribution in [-0.4, -0.2) is 24.3 Å². The smallest absolute Gasteiger partial charge is 0.340 e. The Morgan fingerprint density at radius 1 is 1.45 bits per heavy atom. The van der Waals surface area contributed by atoms with Crippen LogP contribution in [0.3, 0.4) is 0 Å². The van der Waals surface area contributed by atoms with Crippen LogP contribution in [0.1, 0.15) is 48.0 Å². The monoisotopic (exact) mass is 275 g/mol. The van der Waals surface area contributed by atoms with Crippen molar-refractivity contribution in [2.45, 2.75) is 50.7 Å². The molecule has 20 heavy (non-hydrogen) atoms. The van der Waals surface area contributed by atoms with Crippen molar-refractivity contribution in [2.75, 3.05) is 12.3 Å². The molecule has 1 saturated carbocycles. The van der Waals surface area contributed by atoms with Gasteiger partial charge in [-0.2, -0.15) is 0 Å². The van der Waals surface area contributed by atoms with Crippen molar-refractivity contribution in [1.29, 1.82) is 0 Å². The fourth-order valence-electron chi connectivity index (χ4n) is 3.18. The molecule has 0 aromatic heterocycles. The lowest BCUT2D eigenvalue weighted by Crippen LogP contribution is -2.48. The van der Waals surface area contributed by atoms with Gasteiger partial charge in [0.15, 0.2) is 0 Å². The van der Waals surface area contributed by atoms with E-state index in [2.05, 4.69) is 0 Å². The largest absolute Gasteiger partial charge is 0.459 e. The SMILES string of the molecule is Cc1cccc(N)c1C(=O)OC1CCOC2(CCC2)C1. The Kier molecular flexibility index (Phi) is 3.42. The average molecular weight is 275 g/mol. The molecule has 0 amide bonds.